The van der Waals surface area contributed by atoms with Gasteiger partial charge in [-0.1, -0.05) is 24.3 Å². The molecule has 5 nitrogen and oxygen atoms in total. The summed E-state index contributed by atoms with van der Waals surface area (Å²) in [6.45, 7) is 0.208. The summed E-state index contributed by atoms with van der Waals surface area (Å²) in [5, 5.41) is 0.575. The van der Waals surface area contributed by atoms with Crippen molar-refractivity contribution in [2.24, 2.45) is 0 Å². The van der Waals surface area contributed by atoms with Crippen molar-refractivity contribution in [2.45, 2.75) is 0 Å². The van der Waals surface area contributed by atoms with Gasteiger partial charge >= 0.3 is 0 Å². The molecule has 6 rings (SSSR count). The summed E-state index contributed by atoms with van der Waals surface area (Å²) in [6.07, 6.45) is 0. The van der Waals surface area contributed by atoms with Crippen LogP contribution < -0.4 is 19.6 Å². The highest BCUT2D eigenvalue weighted by molar-refractivity contribution is 7.23. The minimum Gasteiger partial charge on any atom is -0.497 e. The van der Waals surface area contributed by atoms with Crippen molar-refractivity contribution in [2.75, 3.05) is 13.9 Å². The van der Waals surface area contributed by atoms with Gasteiger partial charge in [0.2, 0.25) is 12.2 Å². The van der Waals surface area contributed by atoms with Gasteiger partial charge in [0.15, 0.2) is 17.1 Å². The highest BCUT2D eigenvalue weighted by Gasteiger charge is 2.23. The fraction of sp³-hybridized carbons (Fsp3) is 0.0800. The number of hydrogen-bond acceptors (Lipinski definition) is 6. The quantitative estimate of drug-likeness (QED) is 0.349. The molecule has 0 fully saturated rings. The Kier molecular flexibility index (Phi) is 4.01. The number of methoxy groups -OCH3 is 1. The average Bonchev–Trinajstić information content (AvgIpc) is 3.43. The second-order valence-corrected chi connectivity index (χ2v) is 8.21. The predicted octanol–water partition coefficient (Wildman–Crippen LogP) is 6.08. The Labute approximate surface area is 181 Å². The molecule has 1 aliphatic rings. The normalized spacial score (nSPS) is 12.5. The lowest BCUT2D eigenvalue weighted by Crippen LogP contribution is -1.99. The number of rotatable bonds is 3. The van der Waals surface area contributed by atoms with Crippen molar-refractivity contribution >= 4 is 32.6 Å². The largest absolute Gasteiger partial charge is 0.497 e. The van der Waals surface area contributed by atoms with E-state index < -0.39 is 0 Å². The highest BCUT2D eigenvalue weighted by atomic mass is 32.1. The highest BCUT2D eigenvalue weighted by Crippen LogP contribution is 2.47. The standard InChI is InChI=1S/C25H16O5S/c1-27-16-6-4-5-14(11-16)21-23-25(22(26)17-7-2-3-8-18(17)30-23)31-24(21)15-9-10-19-20(12-15)29-13-28-19/h2-12H,13H2,1H3. The monoisotopic (exact) mass is 428 g/mol. The zero-order valence-corrected chi connectivity index (χ0v) is 17.3. The number of hydrogen-bond donors (Lipinski definition) is 0. The van der Waals surface area contributed by atoms with E-state index in [1.807, 2.05) is 60.7 Å². The molecule has 6 heteroatoms. The smallest absolute Gasteiger partial charge is 0.231 e. The lowest BCUT2D eigenvalue weighted by Gasteiger charge is -2.08. The molecular formula is C25H16O5S. The summed E-state index contributed by atoms with van der Waals surface area (Å²) in [5.41, 5.74) is 3.83. The van der Waals surface area contributed by atoms with E-state index in [1.54, 1.807) is 13.2 Å². The van der Waals surface area contributed by atoms with E-state index in [4.69, 9.17) is 18.6 Å². The van der Waals surface area contributed by atoms with Gasteiger partial charge in [0.05, 0.1) is 12.5 Å². The molecule has 0 radical (unpaired) electrons. The predicted molar refractivity (Wildman–Crippen MR) is 121 cm³/mol. The second-order valence-electron chi connectivity index (χ2n) is 7.19. The van der Waals surface area contributed by atoms with E-state index in [2.05, 4.69) is 0 Å². The topological polar surface area (TPSA) is 57.9 Å². The molecule has 0 saturated heterocycles. The van der Waals surface area contributed by atoms with Crippen molar-refractivity contribution in [3.63, 3.8) is 0 Å². The van der Waals surface area contributed by atoms with E-state index >= 15 is 0 Å². The van der Waals surface area contributed by atoms with Crippen molar-refractivity contribution in [3.05, 3.63) is 77.0 Å². The first-order valence-electron chi connectivity index (χ1n) is 9.76. The van der Waals surface area contributed by atoms with E-state index in [0.29, 0.717) is 32.8 Å². The summed E-state index contributed by atoms with van der Waals surface area (Å²) in [4.78, 5) is 14.2. The van der Waals surface area contributed by atoms with Gasteiger partial charge in [-0.15, -0.1) is 11.3 Å². The first-order valence-corrected chi connectivity index (χ1v) is 10.6. The first-order chi connectivity index (χ1) is 15.2. The van der Waals surface area contributed by atoms with E-state index in [0.717, 1.165) is 27.3 Å². The maximum absolute atomic E-state index is 13.3. The van der Waals surface area contributed by atoms with Crippen molar-refractivity contribution in [3.8, 4) is 38.8 Å². The van der Waals surface area contributed by atoms with Gasteiger partial charge in [-0.05, 0) is 53.6 Å². The van der Waals surface area contributed by atoms with Gasteiger partial charge in [-0.3, -0.25) is 4.79 Å². The molecule has 2 aromatic heterocycles. The molecule has 0 N–H and O–H groups in total. The van der Waals surface area contributed by atoms with Crippen LogP contribution >= 0.6 is 11.3 Å². The van der Waals surface area contributed by atoms with Crippen molar-refractivity contribution in [1.82, 2.24) is 0 Å². The SMILES string of the molecule is COc1cccc(-c2c(-c3ccc4c(c3)OCO4)sc3c(=O)c4ccccc4oc23)c1. The van der Waals surface area contributed by atoms with E-state index in [1.165, 1.54) is 11.3 Å². The third kappa shape index (κ3) is 2.79. The van der Waals surface area contributed by atoms with Gasteiger partial charge in [0, 0.05) is 10.4 Å². The zero-order valence-electron chi connectivity index (χ0n) is 16.5. The number of ether oxygens (including phenoxy) is 3. The summed E-state index contributed by atoms with van der Waals surface area (Å²) >= 11 is 1.43. The van der Waals surface area contributed by atoms with Crippen LogP contribution in [0.2, 0.25) is 0 Å². The van der Waals surface area contributed by atoms with Crippen LogP contribution in [0.1, 0.15) is 0 Å². The first kappa shape index (κ1) is 18.0. The maximum atomic E-state index is 13.3. The molecule has 3 aromatic carbocycles. The number of para-hydroxylation sites is 1. The van der Waals surface area contributed by atoms with Crippen LogP contribution in [0.3, 0.4) is 0 Å². The van der Waals surface area contributed by atoms with E-state index in [9.17, 15) is 4.79 Å². The molecule has 0 amide bonds. The fourth-order valence-corrected chi connectivity index (χ4v) is 5.12. The average molecular weight is 428 g/mol. The van der Waals surface area contributed by atoms with Crippen LogP contribution in [0.4, 0.5) is 0 Å². The Morgan fingerprint density at radius 2 is 1.77 bits per heavy atom. The molecule has 5 aromatic rings. The van der Waals surface area contributed by atoms with Crippen LogP contribution in [0.25, 0.3) is 42.8 Å². The van der Waals surface area contributed by atoms with Crippen LogP contribution in [0.15, 0.2) is 75.9 Å². The molecule has 1 aliphatic heterocycles. The lowest BCUT2D eigenvalue weighted by molar-refractivity contribution is 0.174. The molecule has 0 spiro atoms. The van der Waals surface area contributed by atoms with Gasteiger partial charge in [0.25, 0.3) is 0 Å². The molecule has 3 heterocycles. The summed E-state index contributed by atoms with van der Waals surface area (Å²) < 4.78 is 23.4. The Balaban J connectivity index is 1.71. The Hall–Kier alpha value is -3.77. The van der Waals surface area contributed by atoms with E-state index in [-0.39, 0.29) is 12.2 Å². The summed E-state index contributed by atoms with van der Waals surface area (Å²) in [7, 11) is 1.64. The van der Waals surface area contributed by atoms with Crippen molar-refractivity contribution < 1.29 is 18.6 Å². The molecule has 0 aliphatic carbocycles. The van der Waals surface area contributed by atoms with Crippen molar-refractivity contribution in [1.29, 1.82) is 0 Å². The Morgan fingerprint density at radius 1 is 0.903 bits per heavy atom. The second kappa shape index (κ2) is 6.89. The third-order valence-electron chi connectivity index (χ3n) is 5.41. The number of thiophene rings is 1. The maximum Gasteiger partial charge on any atom is 0.231 e. The molecule has 0 bridgehead atoms. The van der Waals surface area contributed by atoms with Crippen LogP contribution in [-0.2, 0) is 0 Å². The number of benzene rings is 3. The summed E-state index contributed by atoms with van der Waals surface area (Å²) in [6, 6.07) is 20.9. The molecule has 0 unspecified atom stereocenters. The lowest BCUT2D eigenvalue weighted by atomic mass is 10.0. The minimum atomic E-state index is -0.0296. The molecule has 0 atom stereocenters. The van der Waals surface area contributed by atoms with Crippen LogP contribution in [-0.4, -0.2) is 13.9 Å². The van der Waals surface area contributed by atoms with Gasteiger partial charge in [0.1, 0.15) is 16.0 Å². The van der Waals surface area contributed by atoms with Gasteiger partial charge in [-0.25, -0.2) is 0 Å². The molecule has 152 valence electrons. The molecule has 0 saturated carbocycles. The van der Waals surface area contributed by atoms with Gasteiger partial charge in [-0.2, -0.15) is 0 Å². The minimum absolute atomic E-state index is 0.0296. The Bertz CT molecular complexity index is 1530. The Morgan fingerprint density at radius 3 is 2.68 bits per heavy atom. The summed E-state index contributed by atoms with van der Waals surface area (Å²) in [5.74, 6) is 2.14. The third-order valence-corrected chi connectivity index (χ3v) is 6.63. The van der Waals surface area contributed by atoms with Crippen LogP contribution in [0, 0.1) is 0 Å². The van der Waals surface area contributed by atoms with Crippen LogP contribution in [0.5, 0.6) is 17.2 Å². The number of fused-ring (bicyclic) bond motifs is 3. The van der Waals surface area contributed by atoms with Gasteiger partial charge < -0.3 is 18.6 Å². The fourth-order valence-electron chi connectivity index (χ4n) is 3.92. The zero-order chi connectivity index (χ0) is 20.9. The molecular weight excluding hydrogens is 412 g/mol. The molecule has 31 heavy (non-hydrogen) atoms.